The summed E-state index contributed by atoms with van der Waals surface area (Å²) in [6, 6.07) is 16.7. The van der Waals surface area contributed by atoms with Crippen LogP contribution in [-0.2, 0) is 4.79 Å². The molecule has 3 aromatic carbocycles. The van der Waals surface area contributed by atoms with Gasteiger partial charge in [0.2, 0.25) is 0 Å². The number of rotatable bonds is 6. The molecule has 1 aliphatic carbocycles. The molecule has 32 heavy (non-hydrogen) atoms. The van der Waals surface area contributed by atoms with Gasteiger partial charge in [-0.1, -0.05) is 30.3 Å². The number of nitrogens with two attached hydrogens (primary N) is 1. The Morgan fingerprint density at radius 1 is 0.906 bits per heavy atom. The van der Waals surface area contributed by atoms with Crippen LogP contribution in [0.2, 0.25) is 0 Å². The number of nitrogen functional groups attached to an aromatic ring is 1. The molecule has 1 saturated carbocycles. The fraction of sp³-hybridized carbons (Fsp3) is 0.120. The Hall–Kier alpha value is -4.00. The Labute approximate surface area is 183 Å². The summed E-state index contributed by atoms with van der Waals surface area (Å²) < 4.78 is 28.8. The first-order valence-corrected chi connectivity index (χ1v) is 10.2. The molecule has 0 unspecified atom stereocenters. The van der Waals surface area contributed by atoms with E-state index in [-0.39, 0.29) is 23.1 Å². The molecule has 162 valence electrons. The first-order valence-electron chi connectivity index (χ1n) is 10.2. The van der Waals surface area contributed by atoms with Crippen molar-refractivity contribution in [1.82, 2.24) is 5.32 Å². The van der Waals surface area contributed by atoms with Gasteiger partial charge in [0, 0.05) is 11.6 Å². The Kier molecular flexibility index (Phi) is 5.98. The van der Waals surface area contributed by atoms with Gasteiger partial charge in [0.05, 0.1) is 22.5 Å². The maximum atomic E-state index is 14.4. The quantitative estimate of drug-likeness (QED) is 0.301. The lowest BCUT2D eigenvalue weighted by Gasteiger charge is -2.11. The lowest BCUT2D eigenvalue weighted by molar-refractivity contribution is -0.115. The smallest absolute Gasteiger partial charge is 0.255 e. The highest BCUT2D eigenvalue weighted by Crippen LogP contribution is 2.27. The van der Waals surface area contributed by atoms with Crippen LogP contribution in [0.3, 0.4) is 0 Å². The van der Waals surface area contributed by atoms with Crippen molar-refractivity contribution in [2.45, 2.75) is 18.9 Å². The normalized spacial score (nSPS) is 13.5. The van der Waals surface area contributed by atoms with Crippen molar-refractivity contribution in [3.05, 3.63) is 95.1 Å². The topological polar surface area (TPSA) is 84.2 Å². The molecule has 1 fully saturated rings. The van der Waals surface area contributed by atoms with Gasteiger partial charge < -0.3 is 16.4 Å². The highest BCUT2D eigenvalue weighted by atomic mass is 19.1. The predicted molar refractivity (Wildman–Crippen MR) is 121 cm³/mol. The zero-order chi connectivity index (χ0) is 22.7. The van der Waals surface area contributed by atoms with Crippen LogP contribution in [0.5, 0.6) is 0 Å². The van der Waals surface area contributed by atoms with Gasteiger partial charge in [-0.25, -0.2) is 8.78 Å². The van der Waals surface area contributed by atoms with Gasteiger partial charge in [0.25, 0.3) is 11.8 Å². The summed E-state index contributed by atoms with van der Waals surface area (Å²) in [7, 11) is 0. The lowest BCUT2D eigenvalue weighted by Crippen LogP contribution is -2.27. The minimum atomic E-state index is -0.821. The molecule has 7 heteroatoms. The summed E-state index contributed by atoms with van der Waals surface area (Å²) in [6.07, 6.45) is 3.10. The van der Waals surface area contributed by atoms with Crippen LogP contribution in [0.4, 0.5) is 20.2 Å². The van der Waals surface area contributed by atoms with E-state index in [1.165, 1.54) is 12.1 Å². The number of nitrogens with one attached hydrogen (secondary N) is 2. The molecule has 0 bridgehead atoms. The molecule has 0 spiro atoms. The van der Waals surface area contributed by atoms with Gasteiger partial charge in [-0.15, -0.1) is 0 Å². The first kappa shape index (κ1) is 21.2. The summed E-state index contributed by atoms with van der Waals surface area (Å²) in [5, 5.41) is 5.50. The fourth-order valence-electron chi connectivity index (χ4n) is 3.20. The molecule has 0 radical (unpaired) electrons. The number of carbonyl (C=O) groups excluding carboxylic acids is 2. The van der Waals surface area contributed by atoms with Crippen LogP contribution < -0.4 is 16.4 Å². The second-order valence-electron chi connectivity index (χ2n) is 7.57. The van der Waals surface area contributed by atoms with Crippen LogP contribution >= 0.6 is 0 Å². The van der Waals surface area contributed by atoms with Gasteiger partial charge in [-0.2, -0.15) is 0 Å². The van der Waals surface area contributed by atoms with Crippen LogP contribution in [0.25, 0.3) is 11.6 Å². The monoisotopic (exact) mass is 433 g/mol. The number of halogens is 2. The van der Waals surface area contributed by atoms with Gasteiger partial charge in [-0.3, -0.25) is 9.59 Å². The van der Waals surface area contributed by atoms with Crippen molar-refractivity contribution < 1.29 is 18.4 Å². The molecule has 0 saturated heterocycles. The van der Waals surface area contributed by atoms with E-state index in [0.29, 0.717) is 22.5 Å². The molecule has 1 aliphatic rings. The molecular formula is C25H21F2N3O2. The number of amides is 2. The number of hydrogen-bond acceptors (Lipinski definition) is 3. The number of para-hydroxylation sites is 2. The third-order valence-corrected chi connectivity index (χ3v) is 5.08. The number of benzene rings is 3. The molecule has 0 atom stereocenters. The second-order valence-corrected chi connectivity index (χ2v) is 7.57. The van der Waals surface area contributed by atoms with Crippen LogP contribution in [0.1, 0.15) is 34.3 Å². The zero-order valence-corrected chi connectivity index (χ0v) is 17.1. The van der Waals surface area contributed by atoms with E-state index in [1.54, 1.807) is 48.5 Å². The molecule has 4 N–H and O–H groups in total. The highest BCUT2D eigenvalue weighted by molar-refractivity contribution is 6.24. The van der Waals surface area contributed by atoms with E-state index in [9.17, 15) is 18.4 Å². The van der Waals surface area contributed by atoms with Crippen molar-refractivity contribution in [3.63, 3.8) is 0 Å². The third kappa shape index (κ3) is 4.83. The van der Waals surface area contributed by atoms with E-state index in [0.717, 1.165) is 25.0 Å². The molecule has 0 heterocycles. The lowest BCUT2D eigenvalue weighted by atomic mass is 10.00. The molecule has 4 rings (SSSR count). The van der Waals surface area contributed by atoms with E-state index in [1.807, 2.05) is 0 Å². The van der Waals surface area contributed by atoms with Crippen molar-refractivity contribution in [2.24, 2.45) is 0 Å². The molecule has 2 amide bonds. The maximum absolute atomic E-state index is 14.4. The fourth-order valence-corrected chi connectivity index (χ4v) is 3.20. The van der Waals surface area contributed by atoms with E-state index in [4.69, 9.17) is 5.73 Å². The summed E-state index contributed by atoms with van der Waals surface area (Å²) in [5.41, 5.74) is 7.18. The second kappa shape index (κ2) is 9.01. The van der Waals surface area contributed by atoms with Gasteiger partial charge in [-0.05, 0) is 60.9 Å². The number of anilines is 2. The van der Waals surface area contributed by atoms with Crippen molar-refractivity contribution in [1.29, 1.82) is 0 Å². The van der Waals surface area contributed by atoms with E-state index >= 15 is 0 Å². The standard InChI is InChI=1S/C25H21F2N3O2/c26-19-4-3-5-20(27)23(19)18(25(32)29-17-12-13-17)14-15-8-10-16(11-9-15)24(31)30-22-7-2-1-6-21(22)28/h1-11,14,17H,12-13,28H2,(H,29,32)(H,30,31). The van der Waals surface area contributed by atoms with Crippen molar-refractivity contribution in [3.8, 4) is 0 Å². The predicted octanol–water partition coefficient (Wildman–Crippen LogP) is 4.62. The number of hydrogen-bond donors (Lipinski definition) is 3. The molecule has 5 nitrogen and oxygen atoms in total. The van der Waals surface area contributed by atoms with Crippen LogP contribution in [0, 0.1) is 11.6 Å². The van der Waals surface area contributed by atoms with Gasteiger partial charge in [0.1, 0.15) is 11.6 Å². The Morgan fingerprint density at radius 3 is 2.19 bits per heavy atom. The third-order valence-electron chi connectivity index (χ3n) is 5.08. The minimum absolute atomic E-state index is 0.0252. The largest absolute Gasteiger partial charge is 0.397 e. The molecular weight excluding hydrogens is 412 g/mol. The SMILES string of the molecule is Nc1ccccc1NC(=O)c1ccc(C=C(C(=O)NC2CC2)c2c(F)cccc2F)cc1. The molecule has 0 aromatic heterocycles. The minimum Gasteiger partial charge on any atom is -0.397 e. The summed E-state index contributed by atoms with van der Waals surface area (Å²) in [4.78, 5) is 25.2. The Balaban J connectivity index is 1.61. The van der Waals surface area contributed by atoms with Crippen molar-refractivity contribution >= 4 is 34.8 Å². The Morgan fingerprint density at radius 2 is 1.56 bits per heavy atom. The Bertz CT molecular complexity index is 1180. The first-order chi connectivity index (χ1) is 15.4. The highest BCUT2D eigenvalue weighted by Gasteiger charge is 2.27. The molecule has 0 aliphatic heterocycles. The van der Waals surface area contributed by atoms with Gasteiger partial charge in [0.15, 0.2) is 0 Å². The van der Waals surface area contributed by atoms with Crippen LogP contribution in [0.15, 0.2) is 66.7 Å². The zero-order valence-electron chi connectivity index (χ0n) is 17.1. The summed E-state index contributed by atoms with van der Waals surface area (Å²) >= 11 is 0. The summed E-state index contributed by atoms with van der Waals surface area (Å²) in [6.45, 7) is 0. The maximum Gasteiger partial charge on any atom is 0.255 e. The van der Waals surface area contributed by atoms with Gasteiger partial charge >= 0.3 is 0 Å². The van der Waals surface area contributed by atoms with E-state index < -0.39 is 17.5 Å². The average molecular weight is 433 g/mol. The van der Waals surface area contributed by atoms with Crippen molar-refractivity contribution in [2.75, 3.05) is 11.1 Å². The average Bonchev–Trinajstić information content (AvgIpc) is 3.59. The number of carbonyl (C=O) groups is 2. The van der Waals surface area contributed by atoms with E-state index in [2.05, 4.69) is 10.6 Å². The molecule has 3 aromatic rings. The van der Waals surface area contributed by atoms with Crippen LogP contribution in [-0.4, -0.2) is 17.9 Å². The summed E-state index contributed by atoms with van der Waals surface area (Å²) in [5.74, 6) is -2.54.